The number of aromatic nitrogens is 3. The number of rotatable bonds is 4. The zero-order valence-electron chi connectivity index (χ0n) is 15.7. The molecule has 2 amide bonds. The topological polar surface area (TPSA) is 97.4 Å². The number of amides is 2. The first-order chi connectivity index (χ1) is 13.0. The third kappa shape index (κ3) is 3.05. The first kappa shape index (κ1) is 17.5. The summed E-state index contributed by atoms with van der Waals surface area (Å²) < 4.78 is 1.91. The van der Waals surface area contributed by atoms with Gasteiger partial charge in [0.2, 0.25) is 5.91 Å². The van der Waals surface area contributed by atoms with E-state index in [1.165, 1.54) is 0 Å². The number of primary amides is 1. The van der Waals surface area contributed by atoms with Gasteiger partial charge in [-0.1, -0.05) is 0 Å². The minimum Gasteiger partial charge on any atom is -0.364 e. The molecule has 0 saturated carbocycles. The summed E-state index contributed by atoms with van der Waals surface area (Å²) in [5, 5.41) is 4.44. The smallest absolute Gasteiger partial charge is 0.269 e. The molecule has 2 N–H and O–H groups in total. The van der Waals surface area contributed by atoms with Gasteiger partial charge in [-0.05, 0) is 32.4 Å². The van der Waals surface area contributed by atoms with Gasteiger partial charge in [-0.2, -0.15) is 5.10 Å². The fraction of sp³-hybridized carbons (Fsp3) is 0.474. The summed E-state index contributed by atoms with van der Waals surface area (Å²) in [5.74, 6) is 0.478. The van der Waals surface area contributed by atoms with Crippen LogP contribution in [0.15, 0.2) is 18.3 Å². The summed E-state index contributed by atoms with van der Waals surface area (Å²) >= 11 is 0. The first-order valence-electron chi connectivity index (χ1n) is 9.37. The van der Waals surface area contributed by atoms with Gasteiger partial charge in [-0.3, -0.25) is 14.3 Å². The highest BCUT2D eigenvalue weighted by molar-refractivity contribution is 5.95. The SMILES string of the molecule is CC(C)n1nc(C(N)=O)c2c1CCN(c1ccc(N3CCCC3=O)cn1)C2. The van der Waals surface area contributed by atoms with Gasteiger partial charge < -0.3 is 15.5 Å². The first-order valence-corrected chi connectivity index (χ1v) is 9.37. The molecular formula is C19H24N6O2. The Balaban J connectivity index is 1.59. The standard InChI is InChI=1S/C19H24N6O2/c1-12(2)25-15-7-9-23(11-14(15)18(22-25)19(20)27)16-6-5-13(10-21-16)24-8-3-4-17(24)26/h5-6,10,12H,3-4,7-9,11H2,1-2H3,(H2,20,27). The number of pyridine rings is 1. The predicted octanol–water partition coefficient (Wildman–Crippen LogP) is 1.65. The highest BCUT2D eigenvalue weighted by atomic mass is 16.2. The largest absolute Gasteiger partial charge is 0.364 e. The van der Waals surface area contributed by atoms with Crippen molar-refractivity contribution in [2.45, 2.75) is 45.7 Å². The third-order valence-corrected chi connectivity index (χ3v) is 5.25. The van der Waals surface area contributed by atoms with E-state index < -0.39 is 5.91 Å². The van der Waals surface area contributed by atoms with Crippen LogP contribution in [0.25, 0.3) is 0 Å². The Morgan fingerprint density at radius 2 is 2.04 bits per heavy atom. The quantitative estimate of drug-likeness (QED) is 0.885. The predicted molar refractivity (Wildman–Crippen MR) is 102 cm³/mol. The molecular weight excluding hydrogens is 344 g/mol. The number of fused-ring (bicyclic) bond motifs is 1. The number of nitrogens with zero attached hydrogens (tertiary/aromatic N) is 5. The van der Waals surface area contributed by atoms with E-state index in [9.17, 15) is 9.59 Å². The van der Waals surface area contributed by atoms with E-state index in [1.54, 1.807) is 11.1 Å². The van der Waals surface area contributed by atoms with E-state index in [2.05, 4.69) is 15.0 Å². The van der Waals surface area contributed by atoms with Crippen LogP contribution in [0.2, 0.25) is 0 Å². The zero-order chi connectivity index (χ0) is 19.1. The number of nitrogens with two attached hydrogens (primary N) is 1. The van der Waals surface area contributed by atoms with Crippen LogP contribution in [-0.4, -0.2) is 39.7 Å². The second-order valence-corrected chi connectivity index (χ2v) is 7.37. The van der Waals surface area contributed by atoms with Crippen molar-refractivity contribution in [1.82, 2.24) is 14.8 Å². The van der Waals surface area contributed by atoms with E-state index in [-0.39, 0.29) is 11.9 Å². The Labute approximate surface area is 158 Å². The van der Waals surface area contributed by atoms with E-state index in [0.29, 0.717) is 18.7 Å². The molecule has 142 valence electrons. The lowest BCUT2D eigenvalue weighted by molar-refractivity contribution is -0.117. The molecule has 8 nitrogen and oxygen atoms in total. The lowest BCUT2D eigenvalue weighted by atomic mass is 10.0. The van der Waals surface area contributed by atoms with E-state index in [4.69, 9.17) is 5.73 Å². The molecule has 2 aliphatic heterocycles. The van der Waals surface area contributed by atoms with Gasteiger partial charge >= 0.3 is 0 Å². The molecule has 2 aliphatic rings. The molecule has 2 aromatic rings. The third-order valence-electron chi connectivity index (χ3n) is 5.25. The van der Waals surface area contributed by atoms with Gasteiger partial charge in [-0.25, -0.2) is 4.98 Å². The number of anilines is 2. The molecule has 1 saturated heterocycles. The Hall–Kier alpha value is -2.90. The second kappa shape index (κ2) is 6.68. The van der Waals surface area contributed by atoms with Gasteiger partial charge in [-0.15, -0.1) is 0 Å². The maximum absolute atomic E-state index is 11.9. The van der Waals surface area contributed by atoms with Crippen LogP contribution in [0.3, 0.4) is 0 Å². The summed E-state index contributed by atoms with van der Waals surface area (Å²) in [7, 11) is 0. The van der Waals surface area contributed by atoms with Crippen molar-refractivity contribution in [3.8, 4) is 0 Å². The second-order valence-electron chi connectivity index (χ2n) is 7.37. The molecule has 27 heavy (non-hydrogen) atoms. The van der Waals surface area contributed by atoms with Gasteiger partial charge in [0.1, 0.15) is 5.82 Å². The molecule has 0 radical (unpaired) electrons. The Morgan fingerprint density at radius 1 is 1.22 bits per heavy atom. The summed E-state index contributed by atoms with van der Waals surface area (Å²) in [5.41, 5.74) is 8.71. The molecule has 0 aliphatic carbocycles. The van der Waals surface area contributed by atoms with Crippen molar-refractivity contribution in [1.29, 1.82) is 0 Å². The van der Waals surface area contributed by atoms with Crippen molar-refractivity contribution < 1.29 is 9.59 Å². The van der Waals surface area contributed by atoms with E-state index in [0.717, 1.165) is 48.7 Å². The average Bonchev–Trinajstić information content (AvgIpc) is 3.25. The summed E-state index contributed by atoms with van der Waals surface area (Å²) in [4.78, 5) is 32.2. The van der Waals surface area contributed by atoms with Crippen molar-refractivity contribution in [2.75, 3.05) is 22.9 Å². The molecule has 0 unspecified atom stereocenters. The summed E-state index contributed by atoms with van der Waals surface area (Å²) in [6, 6.07) is 4.05. The van der Waals surface area contributed by atoms with Gasteiger partial charge in [0.15, 0.2) is 5.69 Å². The maximum Gasteiger partial charge on any atom is 0.269 e. The fourth-order valence-electron chi connectivity index (χ4n) is 3.91. The van der Waals surface area contributed by atoms with E-state index >= 15 is 0 Å². The maximum atomic E-state index is 11.9. The number of hydrogen-bond acceptors (Lipinski definition) is 5. The molecule has 0 atom stereocenters. The fourth-order valence-corrected chi connectivity index (χ4v) is 3.91. The van der Waals surface area contributed by atoms with Crippen LogP contribution >= 0.6 is 0 Å². The molecule has 0 aromatic carbocycles. The summed E-state index contributed by atoms with van der Waals surface area (Å²) in [6.07, 6.45) is 4.03. The zero-order valence-corrected chi connectivity index (χ0v) is 15.7. The highest BCUT2D eigenvalue weighted by Crippen LogP contribution is 2.29. The van der Waals surface area contributed by atoms with Crippen molar-refractivity contribution in [3.05, 3.63) is 35.3 Å². The van der Waals surface area contributed by atoms with Gasteiger partial charge in [0, 0.05) is 49.8 Å². The Kier molecular flexibility index (Phi) is 4.33. The monoisotopic (exact) mass is 368 g/mol. The highest BCUT2D eigenvalue weighted by Gasteiger charge is 2.29. The summed E-state index contributed by atoms with van der Waals surface area (Å²) in [6.45, 7) is 6.19. The van der Waals surface area contributed by atoms with Crippen LogP contribution in [0, 0.1) is 0 Å². The van der Waals surface area contributed by atoms with E-state index in [1.807, 2.05) is 30.7 Å². The molecule has 4 rings (SSSR count). The average molecular weight is 368 g/mol. The van der Waals surface area contributed by atoms with Gasteiger partial charge in [0.05, 0.1) is 11.9 Å². The van der Waals surface area contributed by atoms with Crippen LogP contribution in [0.5, 0.6) is 0 Å². The van der Waals surface area contributed by atoms with Crippen LogP contribution in [0.4, 0.5) is 11.5 Å². The number of hydrogen-bond donors (Lipinski definition) is 1. The normalized spacial score (nSPS) is 16.9. The number of carbonyl (C=O) groups is 2. The van der Waals surface area contributed by atoms with Crippen LogP contribution in [0.1, 0.15) is 54.5 Å². The lowest BCUT2D eigenvalue weighted by Crippen LogP contribution is -2.33. The molecule has 0 bridgehead atoms. The van der Waals surface area contributed by atoms with Gasteiger partial charge in [0.25, 0.3) is 5.91 Å². The molecule has 8 heteroatoms. The number of carbonyl (C=O) groups excluding carboxylic acids is 2. The van der Waals surface area contributed by atoms with Crippen LogP contribution < -0.4 is 15.5 Å². The Bertz CT molecular complexity index is 886. The van der Waals surface area contributed by atoms with Crippen LogP contribution in [-0.2, 0) is 17.8 Å². The van der Waals surface area contributed by atoms with Crippen molar-refractivity contribution in [3.63, 3.8) is 0 Å². The Morgan fingerprint density at radius 3 is 2.63 bits per heavy atom. The molecule has 4 heterocycles. The van der Waals surface area contributed by atoms with Crippen molar-refractivity contribution in [2.24, 2.45) is 5.73 Å². The van der Waals surface area contributed by atoms with Crippen molar-refractivity contribution >= 4 is 23.3 Å². The molecule has 0 spiro atoms. The molecule has 2 aromatic heterocycles. The molecule has 1 fully saturated rings. The minimum absolute atomic E-state index is 0.152. The lowest BCUT2D eigenvalue weighted by Gasteiger charge is -2.29. The minimum atomic E-state index is -0.497.